The van der Waals surface area contributed by atoms with Gasteiger partial charge in [0.25, 0.3) is 0 Å². The van der Waals surface area contributed by atoms with Crippen molar-refractivity contribution in [3.05, 3.63) is 100 Å². The summed E-state index contributed by atoms with van der Waals surface area (Å²) in [6, 6.07) is 20.4. The Kier molecular flexibility index (Phi) is 6.29. The monoisotopic (exact) mass is 472 g/mol. The van der Waals surface area contributed by atoms with E-state index >= 15 is 0 Å². The van der Waals surface area contributed by atoms with Crippen LogP contribution in [0, 0.1) is 13.8 Å². The van der Waals surface area contributed by atoms with Gasteiger partial charge in [-0.05, 0) is 54.8 Å². The minimum atomic E-state index is -0.0620. The molecule has 1 unspecified atom stereocenters. The molecule has 5 nitrogen and oxygen atoms in total. The SMILES string of the molecule is Cc1ccn2c(C(CC(=O)N3CCN(c4ccccc4Cl)CC3)c3ccccc3C)cnc2c1. The fraction of sp³-hybridized carbons (Fsp3) is 0.286. The van der Waals surface area contributed by atoms with Crippen LogP contribution >= 0.6 is 11.6 Å². The lowest BCUT2D eigenvalue weighted by Crippen LogP contribution is -2.49. The lowest BCUT2D eigenvalue weighted by atomic mass is 9.89. The highest BCUT2D eigenvalue weighted by Gasteiger charge is 2.28. The zero-order valence-corrected chi connectivity index (χ0v) is 20.4. The summed E-state index contributed by atoms with van der Waals surface area (Å²) < 4.78 is 2.12. The zero-order chi connectivity index (χ0) is 23.7. The molecule has 0 N–H and O–H groups in total. The Labute approximate surface area is 205 Å². The maximum atomic E-state index is 13.5. The van der Waals surface area contributed by atoms with E-state index in [0.29, 0.717) is 19.5 Å². The standard InChI is InChI=1S/C28H29ClN4O/c1-20-11-12-33-26(19-30-27(33)17-20)23(22-8-4-3-7-21(22)2)18-28(34)32-15-13-31(14-16-32)25-10-6-5-9-24(25)29/h3-12,17,19,23H,13-16,18H2,1-2H3. The fourth-order valence-corrected chi connectivity index (χ4v) is 5.18. The molecule has 5 rings (SSSR count). The van der Waals surface area contributed by atoms with Gasteiger partial charge in [-0.2, -0.15) is 0 Å². The van der Waals surface area contributed by atoms with E-state index in [1.54, 1.807) is 0 Å². The number of amides is 1. The Morgan fingerprint density at radius 2 is 1.74 bits per heavy atom. The number of imidazole rings is 1. The second kappa shape index (κ2) is 9.51. The molecule has 1 amide bonds. The van der Waals surface area contributed by atoms with Gasteiger partial charge in [-0.25, -0.2) is 4.98 Å². The van der Waals surface area contributed by atoms with Crippen LogP contribution in [0.1, 0.15) is 34.7 Å². The number of benzene rings is 2. The Hall–Kier alpha value is -3.31. The molecule has 1 fully saturated rings. The highest BCUT2D eigenvalue weighted by atomic mass is 35.5. The van der Waals surface area contributed by atoms with Crippen molar-refractivity contribution in [2.45, 2.75) is 26.2 Å². The van der Waals surface area contributed by atoms with E-state index in [-0.39, 0.29) is 11.8 Å². The average Bonchev–Trinajstić information content (AvgIpc) is 3.26. The normalized spacial score (nSPS) is 15.0. The van der Waals surface area contributed by atoms with Crippen LogP contribution in [0.5, 0.6) is 0 Å². The number of anilines is 1. The van der Waals surface area contributed by atoms with Crippen LogP contribution < -0.4 is 4.90 Å². The van der Waals surface area contributed by atoms with Crippen molar-refractivity contribution in [1.82, 2.24) is 14.3 Å². The van der Waals surface area contributed by atoms with E-state index in [9.17, 15) is 4.79 Å². The Bertz CT molecular complexity index is 1320. The largest absolute Gasteiger partial charge is 0.367 e. The van der Waals surface area contributed by atoms with E-state index in [1.807, 2.05) is 41.4 Å². The van der Waals surface area contributed by atoms with Gasteiger partial charge in [0.05, 0.1) is 16.4 Å². The molecule has 1 atom stereocenters. The molecule has 4 aromatic rings. The molecule has 1 saturated heterocycles. The van der Waals surface area contributed by atoms with Gasteiger partial charge in [0.1, 0.15) is 5.65 Å². The quantitative estimate of drug-likeness (QED) is 0.386. The molecule has 0 spiro atoms. The summed E-state index contributed by atoms with van der Waals surface area (Å²) in [5.74, 6) is 0.113. The molecular weight excluding hydrogens is 444 g/mol. The highest BCUT2D eigenvalue weighted by molar-refractivity contribution is 6.33. The van der Waals surface area contributed by atoms with Crippen molar-refractivity contribution >= 4 is 28.8 Å². The molecule has 2 aromatic heterocycles. The molecule has 1 aliphatic rings. The maximum Gasteiger partial charge on any atom is 0.223 e. The number of aryl methyl sites for hydroxylation is 2. The number of aromatic nitrogens is 2. The van der Waals surface area contributed by atoms with Crippen molar-refractivity contribution in [3.8, 4) is 0 Å². The van der Waals surface area contributed by atoms with Gasteiger partial charge >= 0.3 is 0 Å². The Morgan fingerprint density at radius 3 is 2.50 bits per heavy atom. The number of piperazine rings is 1. The summed E-state index contributed by atoms with van der Waals surface area (Å²) in [6.45, 7) is 7.12. The molecular formula is C28H29ClN4O. The highest BCUT2D eigenvalue weighted by Crippen LogP contribution is 2.32. The number of nitrogens with zero attached hydrogens (tertiary/aromatic N) is 4. The van der Waals surface area contributed by atoms with Crippen LogP contribution in [0.3, 0.4) is 0 Å². The molecule has 0 aliphatic carbocycles. The van der Waals surface area contributed by atoms with E-state index in [0.717, 1.165) is 35.1 Å². The van der Waals surface area contributed by atoms with E-state index in [4.69, 9.17) is 11.6 Å². The summed E-state index contributed by atoms with van der Waals surface area (Å²) in [7, 11) is 0. The number of carbonyl (C=O) groups is 1. The number of hydrogen-bond donors (Lipinski definition) is 0. The third-order valence-electron chi connectivity index (χ3n) is 6.82. The fourth-order valence-electron chi connectivity index (χ4n) is 4.92. The van der Waals surface area contributed by atoms with Crippen molar-refractivity contribution < 1.29 is 4.79 Å². The number of para-hydroxylation sites is 1. The molecule has 34 heavy (non-hydrogen) atoms. The van der Waals surface area contributed by atoms with Crippen molar-refractivity contribution in [3.63, 3.8) is 0 Å². The smallest absolute Gasteiger partial charge is 0.223 e. The first-order valence-corrected chi connectivity index (χ1v) is 12.2. The predicted octanol–water partition coefficient (Wildman–Crippen LogP) is 5.48. The third kappa shape index (κ3) is 4.40. The summed E-state index contributed by atoms with van der Waals surface area (Å²) in [5.41, 5.74) is 6.53. The molecule has 0 bridgehead atoms. The van der Waals surface area contributed by atoms with E-state index < -0.39 is 0 Å². The first kappa shape index (κ1) is 22.5. The van der Waals surface area contributed by atoms with Crippen LogP contribution in [-0.4, -0.2) is 46.4 Å². The van der Waals surface area contributed by atoms with Gasteiger partial charge in [0.15, 0.2) is 0 Å². The minimum absolute atomic E-state index is 0.0620. The lowest BCUT2D eigenvalue weighted by molar-refractivity contribution is -0.131. The molecule has 3 heterocycles. The molecule has 1 aliphatic heterocycles. The summed E-state index contributed by atoms with van der Waals surface area (Å²) in [6.07, 6.45) is 4.40. The minimum Gasteiger partial charge on any atom is -0.367 e. The second-order valence-corrected chi connectivity index (χ2v) is 9.46. The molecule has 174 valence electrons. The number of halogens is 1. The maximum absolute atomic E-state index is 13.5. The van der Waals surface area contributed by atoms with Gasteiger partial charge in [-0.3, -0.25) is 4.79 Å². The van der Waals surface area contributed by atoms with Gasteiger partial charge in [0.2, 0.25) is 5.91 Å². The van der Waals surface area contributed by atoms with Crippen molar-refractivity contribution in [2.24, 2.45) is 0 Å². The predicted molar refractivity (Wildman–Crippen MR) is 138 cm³/mol. The molecule has 6 heteroatoms. The van der Waals surface area contributed by atoms with Gasteiger partial charge in [-0.15, -0.1) is 0 Å². The second-order valence-electron chi connectivity index (χ2n) is 9.05. The topological polar surface area (TPSA) is 40.9 Å². The number of fused-ring (bicyclic) bond motifs is 1. The van der Waals surface area contributed by atoms with Gasteiger partial charge in [0, 0.05) is 50.9 Å². The van der Waals surface area contributed by atoms with Crippen LogP contribution in [-0.2, 0) is 4.79 Å². The Morgan fingerprint density at radius 1 is 1.00 bits per heavy atom. The molecule has 0 saturated carbocycles. The third-order valence-corrected chi connectivity index (χ3v) is 7.14. The van der Waals surface area contributed by atoms with E-state index in [2.05, 4.69) is 64.7 Å². The van der Waals surface area contributed by atoms with Crippen molar-refractivity contribution in [1.29, 1.82) is 0 Å². The van der Waals surface area contributed by atoms with Crippen LogP contribution in [0.25, 0.3) is 5.65 Å². The van der Waals surface area contributed by atoms with Crippen molar-refractivity contribution in [2.75, 3.05) is 31.1 Å². The average molecular weight is 473 g/mol. The Balaban J connectivity index is 1.38. The first-order chi connectivity index (χ1) is 16.5. The van der Waals surface area contributed by atoms with Gasteiger partial charge < -0.3 is 14.2 Å². The summed E-state index contributed by atoms with van der Waals surface area (Å²) in [4.78, 5) is 22.4. The molecule has 0 radical (unpaired) electrons. The first-order valence-electron chi connectivity index (χ1n) is 11.8. The van der Waals surface area contributed by atoms with Crippen LogP contribution in [0.4, 0.5) is 5.69 Å². The number of rotatable bonds is 5. The molecule has 2 aromatic carbocycles. The van der Waals surface area contributed by atoms with E-state index in [1.165, 1.54) is 16.7 Å². The van der Waals surface area contributed by atoms with Crippen LogP contribution in [0.15, 0.2) is 73.1 Å². The summed E-state index contributed by atoms with van der Waals surface area (Å²) in [5, 5.41) is 0.754. The van der Waals surface area contributed by atoms with Crippen LogP contribution in [0.2, 0.25) is 5.02 Å². The number of pyridine rings is 1. The zero-order valence-electron chi connectivity index (χ0n) is 19.6. The number of carbonyl (C=O) groups excluding carboxylic acids is 1. The summed E-state index contributed by atoms with van der Waals surface area (Å²) >= 11 is 6.39. The van der Waals surface area contributed by atoms with Gasteiger partial charge in [-0.1, -0.05) is 48.0 Å². The lowest BCUT2D eigenvalue weighted by Gasteiger charge is -2.37. The number of hydrogen-bond acceptors (Lipinski definition) is 3.